The van der Waals surface area contributed by atoms with Crippen LogP contribution in [0.25, 0.3) is 6.08 Å². The van der Waals surface area contributed by atoms with Crippen LogP contribution in [0, 0.1) is 0 Å². The number of hydrogen-bond donors (Lipinski definition) is 1. The highest BCUT2D eigenvalue weighted by molar-refractivity contribution is 8.01. The second kappa shape index (κ2) is 3.42. The number of benzene rings is 1. The Bertz CT molecular complexity index is 447. The quantitative estimate of drug-likeness (QED) is 0.790. The monoisotopic (exact) mass is 220 g/mol. The zero-order chi connectivity index (χ0) is 11.1. The van der Waals surface area contributed by atoms with Gasteiger partial charge in [-0.2, -0.15) is 0 Å². The maximum absolute atomic E-state index is 11.1. The van der Waals surface area contributed by atoms with Crippen LogP contribution in [0.2, 0.25) is 0 Å². The van der Waals surface area contributed by atoms with E-state index in [-0.39, 0.29) is 4.75 Å². The van der Waals surface area contributed by atoms with Crippen LogP contribution in [-0.2, 0) is 4.79 Å². The highest BCUT2D eigenvalue weighted by atomic mass is 32.2. The van der Waals surface area contributed by atoms with E-state index < -0.39 is 5.97 Å². The molecule has 78 valence electrons. The number of carboxylic acids is 1. The maximum atomic E-state index is 11.1. The van der Waals surface area contributed by atoms with E-state index in [4.69, 9.17) is 5.11 Å². The van der Waals surface area contributed by atoms with Crippen molar-refractivity contribution in [3.8, 4) is 0 Å². The summed E-state index contributed by atoms with van der Waals surface area (Å²) in [6, 6.07) is 7.87. The summed E-state index contributed by atoms with van der Waals surface area (Å²) in [6.45, 7) is 3.88. The minimum atomic E-state index is -0.831. The number of aliphatic carboxylic acids is 1. The molecule has 0 aliphatic carbocycles. The van der Waals surface area contributed by atoms with Crippen molar-refractivity contribution in [3.05, 3.63) is 35.4 Å². The Morgan fingerprint density at radius 1 is 1.33 bits per heavy atom. The van der Waals surface area contributed by atoms with Gasteiger partial charge in [0.05, 0.1) is 5.57 Å². The third-order valence-corrected chi connectivity index (χ3v) is 3.78. The third kappa shape index (κ3) is 1.79. The van der Waals surface area contributed by atoms with Crippen LogP contribution in [0.4, 0.5) is 0 Å². The zero-order valence-corrected chi connectivity index (χ0v) is 9.47. The minimum absolute atomic E-state index is 0.361. The van der Waals surface area contributed by atoms with E-state index in [1.165, 1.54) is 0 Å². The van der Waals surface area contributed by atoms with Gasteiger partial charge < -0.3 is 5.11 Å². The first-order valence-electron chi connectivity index (χ1n) is 4.74. The summed E-state index contributed by atoms with van der Waals surface area (Å²) in [5.74, 6) is -0.831. The topological polar surface area (TPSA) is 37.3 Å². The van der Waals surface area contributed by atoms with Crippen molar-refractivity contribution in [2.75, 3.05) is 0 Å². The molecule has 15 heavy (non-hydrogen) atoms. The Hall–Kier alpha value is -1.22. The van der Waals surface area contributed by atoms with Gasteiger partial charge in [0.1, 0.15) is 0 Å². The lowest BCUT2D eigenvalue weighted by Crippen LogP contribution is -2.26. The molecule has 1 aromatic carbocycles. The van der Waals surface area contributed by atoms with Crippen molar-refractivity contribution in [1.29, 1.82) is 0 Å². The van der Waals surface area contributed by atoms with E-state index >= 15 is 0 Å². The van der Waals surface area contributed by atoms with Gasteiger partial charge in [-0.05, 0) is 31.6 Å². The lowest BCUT2D eigenvalue weighted by Gasteiger charge is -2.29. The summed E-state index contributed by atoms with van der Waals surface area (Å²) in [5, 5.41) is 9.12. The van der Waals surface area contributed by atoms with Crippen LogP contribution in [0.1, 0.15) is 19.4 Å². The number of rotatable bonds is 1. The summed E-state index contributed by atoms with van der Waals surface area (Å²) < 4.78 is -0.361. The maximum Gasteiger partial charge on any atom is 0.333 e. The first kappa shape index (κ1) is 10.3. The highest BCUT2D eigenvalue weighted by Gasteiger charge is 2.33. The van der Waals surface area contributed by atoms with Crippen LogP contribution in [0.5, 0.6) is 0 Å². The summed E-state index contributed by atoms with van der Waals surface area (Å²) >= 11 is 1.60. The van der Waals surface area contributed by atoms with Gasteiger partial charge in [-0.15, -0.1) is 11.8 Å². The summed E-state index contributed by atoms with van der Waals surface area (Å²) in [5.41, 5.74) is 1.46. The average Bonchev–Trinajstić information content (AvgIpc) is 2.14. The highest BCUT2D eigenvalue weighted by Crippen LogP contribution is 2.44. The van der Waals surface area contributed by atoms with E-state index in [0.29, 0.717) is 5.57 Å². The van der Waals surface area contributed by atoms with Crippen molar-refractivity contribution >= 4 is 23.8 Å². The van der Waals surface area contributed by atoms with Crippen molar-refractivity contribution in [2.45, 2.75) is 23.5 Å². The zero-order valence-electron chi connectivity index (χ0n) is 8.65. The Morgan fingerprint density at radius 2 is 2.00 bits per heavy atom. The molecule has 0 fully saturated rings. The molecule has 1 aromatic rings. The van der Waals surface area contributed by atoms with Crippen molar-refractivity contribution in [1.82, 2.24) is 0 Å². The molecular formula is C12H12O2S. The van der Waals surface area contributed by atoms with Crippen molar-refractivity contribution in [3.63, 3.8) is 0 Å². The largest absolute Gasteiger partial charge is 0.478 e. The molecule has 0 bridgehead atoms. The predicted molar refractivity (Wildman–Crippen MR) is 62.0 cm³/mol. The predicted octanol–water partition coefficient (Wildman–Crippen LogP) is 3.04. The van der Waals surface area contributed by atoms with E-state index in [1.54, 1.807) is 17.8 Å². The molecule has 0 saturated carbocycles. The van der Waals surface area contributed by atoms with Gasteiger partial charge >= 0.3 is 5.97 Å². The van der Waals surface area contributed by atoms with Gasteiger partial charge in [0.2, 0.25) is 0 Å². The second-order valence-electron chi connectivity index (χ2n) is 4.01. The smallest absolute Gasteiger partial charge is 0.333 e. The lowest BCUT2D eigenvalue weighted by molar-refractivity contribution is -0.132. The molecule has 0 amide bonds. The molecule has 1 heterocycles. The Labute approximate surface area is 93.0 Å². The molecule has 3 heteroatoms. The number of fused-ring (bicyclic) bond motifs is 1. The molecule has 1 N–H and O–H groups in total. The van der Waals surface area contributed by atoms with Gasteiger partial charge in [0, 0.05) is 9.64 Å². The van der Waals surface area contributed by atoms with Crippen LogP contribution in [0.3, 0.4) is 0 Å². The van der Waals surface area contributed by atoms with E-state index in [0.717, 1.165) is 10.5 Å². The molecule has 2 nitrogen and oxygen atoms in total. The van der Waals surface area contributed by atoms with Gasteiger partial charge in [-0.25, -0.2) is 4.79 Å². The SMILES string of the molecule is CC1(C)Sc2ccccc2C=C1C(=O)O. The number of thioether (sulfide) groups is 1. The molecule has 1 aliphatic rings. The lowest BCUT2D eigenvalue weighted by atomic mass is 9.98. The Kier molecular flexibility index (Phi) is 2.35. The molecule has 0 radical (unpaired) electrons. The summed E-state index contributed by atoms with van der Waals surface area (Å²) in [7, 11) is 0. The van der Waals surface area contributed by atoms with E-state index in [9.17, 15) is 4.79 Å². The summed E-state index contributed by atoms with van der Waals surface area (Å²) in [4.78, 5) is 12.2. The molecule has 0 saturated heterocycles. The average molecular weight is 220 g/mol. The van der Waals surface area contributed by atoms with Gasteiger partial charge in [-0.3, -0.25) is 0 Å². The fourth-order valence-corrected chi connectivity index (χ4v) is 2.87. The Morgan fingerprint density at radius 3 is 2.67 bits per heavy atom. The van der Waals surface area contributed by atoms with E-state index in [1.807, 2.05) is 38.1 Å². The molecule has 0 atom stereocenters. The number of hydrogen-bond acceptors (Lipinski definition) is 2. The molecule has 2 rings (SSSR count). The van der Waals surface area contributed by atoms with Gasteiger partial charge in [-0.1, -0.05) is 18.2 Å². The number of carbonyl (C=O) groups is 1. The van der Waals surface area contributed by atoms with Crippen molar-refractivity contribution in [2.24, 2.45) is 0 Å². The minimum Gasteiger partial charge on any atom is -0.478 e. The number of carboxylic acid groups (broad SMARTS) is 1. The fourth-order valence-electron chi connectivity index (χ4n) is 1.67. The van der Waals surface area contributed by atoms with Crippen LogP contribution >= 0.6 is 11.8 Å². The molecule has 0 unspecified atom stereocenters. The molecular weight excluding hydrogens is 208 g/mol. The molecule has 1 aliphatic heterocycles. The van der Waals surface area contributed by atoms with E-state index in [2.05, 4.69) is 0 Å². The first-order valence-corrected chi connectivity index (χ1v) is 5.56. The molecule has 0 spiro atoms. The van der Waals surface area contributed by atoms with Crippen LogP contribution in [0.15, 0.2) is 34.7 Å². The Balaban J connectivity index is 2.57. The first-order chi connectivity index (χ1) is 7.00. The summed E-state index contributed by atoms with van der Waals surface area (Å²) in [6.07, 6.45) is 1.77. The third-order valence-electron chi connectivity index (χ3n) is 2.46. The van der Waals surface area contributed by atoms with Crippen LogP contribution < -0.4 is 0 Å². The molecule has 0 aromatic heterocycles. The van der Waals surface area contributed by atoms with Crippen LogP contribution in [-0.4, -0.2) is 15.8 Å². The van der Waals surface area contributed by atoms with Gasteiger partial charge in [0.15, 0.2) is 0 Å². The normalized spacial score (nSPS) is 17.9. The fraction of sp³-hybridized carbons (Fsp3) is 0.250. The second-order valence-corrected chi connectivity index (χ2v) is 5.68. The van der Waals surface area contributed by atoms with Crippen molar-refractivity contribution < 1.29 is 9.90 Å². The standard InChI is InChI=1S/C12H12O2S/c1-12(2)9(11(13)14)7-8-5-3-4-6-10(8)15-12/h3-7H,1-2H3,(H,13,14). The van der Waals surface area contributed by atoms with Gasteiger partial charge in [0.25, 0.3) is 0 Å².